The van der Waals surface area contributed by atoms with Crippen molar-refractivity contribution in [1.82, 2.24) is 0 Å². The van der Waals surface area contributed by atoms with Gasteiger partial charge in [-0.15, -0.1) is 0 Å². The fourth-order valence-electron chi connectivity index (χ4n) is 2.45. The fraction of sp³-hybridized carbons (Fsp3) is 0.929. The van der Waals surface area contributed by atoms with Crippen LogP contribution >= 0.6 is 0 Å². The van der Waals surface area contributed by atoms with Crippen molar-refractivity contribution in [3.8, 4) is 0 Å². The molecule has 0 aliphatic rings. The second-order valence-corrected chi connectivity index (χ2v) is 7.40. The fourth-order valence-corrected chi connectivity index (χ4v) is 2.45. The minimum atomic E-state index is -6.42. The van der Waals surface area contributed by atoms with Gasteiger partial charge in [-0.1, -0.05) is 0 Å². The molecule has 1 N–H and O–H groups in total. The van der Waals surface area contributed by atoms with Crippen LogP contribution < -0.4 is 0 Å². The summed E-state index contributed by atoms with van der Waals surface area (Å²) in [5.74, 6) is -18.4. The quantitative estimate of drug-likeness (QED) is 0.598. The summed E-state index contributed by atoms with van der Waals surface area (Å²) in [6, 6.07) is 0. The van der Waals surface area contributed by atoms with E-state index in [1.54, 1.807) is 0 Å². The first-order valence-electron chi connectivity index (χ1n) is 6.88. The van der Waals surface area contributed by atoms with Crippen molar-refractivity contribution >= 4 is 5.97 Å². The van der Waals surface area contributed by atoms with E-state index in [1.165, 1.54) is 0 Å². The van der Waals surface area contributed by atoms with Crippen molar-refractivity contribution < 1.29 is 49.4 Å². The summed E-state index contributed by atoms with van der Waals surface area (Å²) in [6.07, 6.45) is -6.42. The van der Waals surface area contributed by atoms with Crippen LogP contribution in [0.2, 0.25) is 0 Å². The molecule has 0 aromatic carbocycles. The van der Waals surface area contributed by atoms with E-state index in [4.69, 9.17) is 5.11 Å². The first-order valence-corrected chi connectivity index (χ1v) is 6.88. The number of carboxylic acids is 1. The molecule has 0 radical (unpaired) electrons. The minimum absolute atomic E-state index is 0.0614. The summed E-state index contributed by atoms with van der Waals surface area (Å²) >= 11 is 0. The van der Waals surface area contributed by atoms with Crippen LogP contribution in [-0.2, 0) is 4.79 Å². The van der Waals surface area contributed by atoms with Crippen molar-refractivity contribution in [2.45, 2.75) is 65.5 Å². The lowest BCUT2D eigenvalue weighted by Crippen LogP contribution is -2.68. The van der Waals surface area contributed by atoms with E-state index in [0.717, 1.165) is 0 Å². The highest BCUT2D eigenvalue weighted by Crippen LogP contribution is 2.65. The van der Waals surface area contributed by atoms with Gasteiger partial charge in [0.2, 0.25) is 0 Å². The monoisotopic (exact) mass is 390 g/mol. The molecular formula is C14H19F9O2. The van der Waals surface area contributed by atoms with Gasteiger partial charge in [-0.05, 0) is 41.5 Å². The first-order chi connectivity index (χ1) is 10.4. The van der Waals surface area contributed by atoms with Crippen LogP contribution in [-0.4, -0.2) is 35.0 Å². The molecular weight excluding hydrogens is 371 g/mol. The third-order valence-electron chi connectivity index (χ3n) is 4.82. The van der Waals surface area contributed by atoms with Gasteiger partial charge in [-0.2, -0.15) is 22.0 Å². The molecule has 0 spiro atoms. The Morgan fingerprint density at radius 3 is 1.12 bits per heavy atom. The Morgan fingerprint density at radius 2 is 0.880 bits per heavy atom. The lowest BCUT2D eigenvalue weighted by Gasteiger charge is -2.52. The van der Waals surface area contributed by atoms with Crippen molar-refractivity contribution in [2.24, 2.45) is 16.2 Å². The Morgan fingerprint density at radius 1 is 0.600 bits per heavy atom. The van der Waals surface area contributed by atoms with Gasteiger partial charge in [-0.3, -0.25) is 4.79 Å². The van der Waals surface area contributed by atoms with Gasteiger partial charge >= 0.3 is 18.1 Å². The Hall–Kier alpha value is -1.16. The van der Waals surface area contributed by atoms with Crippen LogP contribution in [0, 0.1) is 16.2 Å². The molecule has 150 valence electrons. The first kappa shape index (κ1) is 23.8. The Balaban J connectivity index is 6.55. The lowest BCUT2D eigenvalue weighted by atomic mass is 9.60. The summed E-state index contributed by atoms with van der Waals surface area (Å²) in [6.45, 7) is 0.500. The molecule has 0 bridgehead atoms. The van der Waals surface area contributed by atoms with Gasteiger partial charge in [0.15, 0.2) is 0 Å². The molecule has 0 aromatic rings. The van der Waals surface area contributed by atoms with Crippen molar-refractivity contribution in [2.75, 3.05) is 0 Å². The maximum absolute atomic E-state index is 14.6. The summed E-state index contributed by atoms with van der Waals surface area (Å²) in [4.78, 5) is 11.0. The third-order valence-corrected chi connectivity index (χ3v) is 4.82. The number of aliphatic carboxylic acids is 1. The second kappa shape index (κ2) is 5.67. The van der Waals surface area contributed by atoms with Crippen molar-refractivity contribution in [3.63, 3.8) is 0 Å². The van der Waals surface area contributed by atoms with E-state index < -0.39 is 46.2 Å². The molecule has 0 aliphatic heterocycles. The molecule has 0 atom stereocenters. The number of carbonyl (C=O) groups is 1. The van der Waals surface area contributed by atoms with Crippen LogP contribution in [0.15, 0.2) is 0 Å². The second-order valence-electron chi connectivity index (χ2n) is 7.40. The van der Waals surface area contributed by atoms with Crippen molar-refractivity contribution in [1.29, 1.82) is 0 Å². The summed E-state index contributed by atoms with van der Waals surface area (Å²) in [5.41, 5.74) is -11.3. The topological polar surface area (TPSA) is 37.3 Å². The van der Waals surface area contributed by atoms with Gasteiger partial charge in [0.05, 0.1) is 5.41 Å². The largest absolute Gasteiger partial charge is 0.481 e. The standard InChI is InChI=1S/C14H19F9O2/c1-8(2,7(24)25)11(15,16)9(3,4)12(17,18)10(5,6)13(19,20)14(21,22)23/h1-6H3,(H,24,25). The highest BCUT2D eigenvalue weighted by Gasteiger charge is 2.81. The number of carboxylic acid groups (broad SMARTS) is 1. The van der Waals surface area contributed by atoms with Crippen molar-refractivity contribution in [3.05, 3.63) is 0 Å². The summed E-state index contributed by atoms with van der Waals surface area (Å²) < 4.78 is 123. The summed E-state index contributed by atoms with van der Waals surface area (Å²) in [7, 11) is 0. The lowest BCUT2D eigenvalue weighted by molar-refractivity contribution is -0.384. The maximum Gasteiger partial charge on any atom is 0.454 e. The van der Waals surface area contributed by atoms with E-state index in [0.29, 0.717) is 13.8 Å². The van der Waals surface area contributed by atoms with Gasteiger partial charge < -0.3 is 5.11 Å². The van der Waals surface area contributed by atoms with E-state index in [1.807, 2.05) is 0 Å². The number of rotatable bonds is 6. The molecule has 11 heteroatoms. The molecule has 0 amide bonds. The molecule has 0 saturated heterocycles. The van der Waals surface area contributed by atoms with Gasteiger partial charge in [0.25, 0.3) is 11.8 Å². The summed E-state index contributed by atoms with van der Waals surface area (Å²) in [5, 5.41) is 8.84. The van der Waals surface area contributed by atoms with E-state index in [2.05, 4.69) is 0 Å². The Bertz CT molecular complexity index is 531. The number of halogens is 9. The van der Waals surface area contributed by atoms with Gasteiger partial charge in [-0.25, -0.2) is 17.6 Å². The van der Waals surface area contributed by atoms with Crippen LogP contribution in [0.1, 0.15) is 41.5 Å². The highest BCUT2D eigenvalue weighted by molar-refractivity contribution is 5.75. The smallest absolute Gasteiger partial charge is 0.454 e. The van der Waals surface area contributed by atoms with E-state index >= 15 is 0 Å². The number of hydrogen-bond acceptors (Lipinski definition) is 1. The van der Waals surface area contributed by atoms with Crippen LogP contribution in [0.25, 0.3) is 0 Å². The molecule has 0 unspecified atom stereocenters. The zero-order chi connectivity index (χ0) is 21.1. The molecule has 25 heavy (non-hydrogen) atoms. The van der Waals surface area contributed by atoms with Crippen LogP contribution in [0.5, 0.6) is 0 Å². The SMILES string of the molecule is CC(C)(C(=O)O)C(F)(F)C(C)(C)C(F)(F)C(C)(C)C(F)(F)C(F)(F)F. The molecule has 0 fully saturated rings. The van der Waals surface area contributed by atoms with E-state index in [9.17, 15) is 44.3 Å². The predicted octanol–water partition coefficient (Wildman–Crippen LogP) is 5.62. The zero-order valence-corrected chi connectivity index (χ0v) is 14.3. The molecule has 0 aromatic heterocycles. The number of hydrogen-bond donors (Lipinski definition) is 1. The maximum atomic E-state index is 14.6. The molecule has 0 heterocycles. The predicted molar refractivity (Wildman–Crippen MR) is 69.9 cm³/mol. The highest BCUT2D eigenvalue weighted by atomic mass is 19.4. The number of alkyl halides is 9. The van der Waals surface area contributed by atoms with Crippen LogP contribution in [0.3, 0.4) is 0 Å². The van der Waals surface area contributed by atoms with Crippen LogP contribution in [0.4, 0.5) is 39.5 Å². The third kappa shape index (κ3) is 2.87. The molecule has 0 aliphatic carbocycles. The minimum Gasteiger partial charge on any atom is -0.481 e. The van der Waals surface area contributed by atoms with E-state index in [-0.39, 0.29) is 27.7 Å². The van der Waals surface area contributed by atoms with Gasteiger partial charge in [0.1, 0.15) is 10.8 Å². The van der Waals surface area contributed by atoms with Gasteiger partial charge in [0, 0.05) is 0 Å². The normalized spacial score (nSPS) is 16.1. The average Bonchev–Trinajstić information content (AvgIpc) is 2.35. The molecule has 0 rings (SSSR count). The molecule has 0 saturated carbocycles. The zero-order valence-electron chi connectivity index (χ0n) is 14.3. The Labute approximate surface area is 138 Å². The Kier molecular flexibility index (Phi) is 5.41. The average molecular weight is 390 g/mol. The molecule has 2 nitrogen and oxygen atoms in total.